The van der Waals surface area contributed by atoms with Gasteiger partial charge in [-0.3, -0.25) is 0 Å². The zero-order valence-corrected chi connectivity index (χ0v) is 17.4. The van der Waals surface area contributed by atoms with E-state index in [1.165, 1.54) is 0 Å². The molecule has 29 heavy (non-hydrogen) atoms. The van der Waals surface area contributed by atoms with Crippen molar-refractivity contribution in [3.8, 4) is 0 Å². The first kappa shape index (κ1) is 19.6. The van der Waals surface area contributed by atoms with Crippen LogP contribution in [0.1, 0.15) is 17.0 Å². The van der Waals surface area contributed by atoms with Crippen molar-refractivity contribution in [2.24, 2.45) is 0 Å². The third kappa shape index (κ3) is 4.19. The maximum Gasteiger partial charge on any atom is 0.240 e. The van der Waals surface area contributed by atoms with Gasteiger partial charge in [-0.2, -0.15) is 0 Å². The molecule has 4 aromatic rings. The van der Waals surface area contributed by atoms with Crippen LogP contribution in [0.15, 0.2) is 77.7 Å². The lowest BCUT2D eigenvalue weighted by molar-refractivity contribution is 0.581. The molecule has 3 aromatic carbocycles. The summed E-state index contributed by atoms with van der Waals surface area (Å²) in [5.41, 5.74) is 3.74. The molecule has 0 fully saturated rings. The molecule has 0 aliphatic carbocycles. The van der Waals surface area contributed by atoms with Crippen LogP contribution in [-0.2, 0) is 23.1 Å². The summed E-state index contributed by atoms with van der Waals surface area (Å²) in [6, 6.07) is 22.1. The number of benzene rings is 3. The molecule has 0 spiro atoms. The first-order valence-corrected chi connectivity index (χ1v) is 11.0. The number of halogens is 1. The Morgan fingerprint density at radius 1 is 0.966 bits per heavy atom. The van der Waals surface area contributed by atoms with Gasteiger partial charge in [0, 0.05) is 18.1 Å². The normalized spacial score (nSPS) is 11.8. The van der Waals surface area contributed by atoms with Crippen molar-refractivity contribution in [1.29, 1.82) is 0 Å². The Bertz CT molecular complexity index is 1260. The highest BCUT2D eigenvalue weighted by Crippen LogP contribution is 2.19. The fourth-order valence-corrected chi connectivity index (χ4v) is 4.46. The Labute approximate surface area is 175 Å². The molecule has 0 saturated heterocycles. The van der Waals surface area contributed by atoms with Gasteiger partial charge in [-0.15, -0.1) is 0 Å². The minimum absolute atomic E-state index is 0.143. The summed E-state index contributed by atoms with van der Waals surface area (Å²) in [4.78, 5) is 4.80. The fourth-order valence-electron chi connectivity index (χ4n) is 3.25. The highest BCUT2D eigenvalue weighted by molar-refractivity contribution is 7.89. The zero-order valence-electron chi connectivity index (χ0n) is 15.8. The van der Waals surface area contributed by atoms with Crippen molar-refractivity contribution in [3.05, 3.63) is 94.8 Å². The Morgan fingerprint density at radius 3 is 2.41 bits per heavy atom. The van der Waals surface area contributed by atoms with Crippen LogP contribution in [0.4, 0.5) is 0 Å². The van der Waals surface area contributed by atoms with Crippen LogP contribution < -0.4 is 4.72 Å². The first-order chi connectivity index (χ1) is 13.9. The van der Waals surface area contributed by atoms with Crippen LogP contribution in [0.5, 0.6) is 0 Å². The van der Waals surface area contributed by atoms with Crippen molar-refractivity contribution in [1.82, 2.24) is 14.3 Å². The first-order valence-electron chi connectivity index (χ1n) is 9.18. The molecule has 0 atom stereocenters. The molecular weight excluding hydrogens is 406 g/mol. The third-order valence-electron chi connectivity index (χ3n) is 4.83. The van der Waals surface area contributed by atoms with E-state index in [-0.39, 0.29) is 11.4 Å². The summed E-state index contributed by atoms with van der Waals surface area (Å²) in [5.74, 6) is 0.921. The van der Waals surface area contributed by atoms with Gasteiger partial charge in [0.05, 0.1) is 15.9 Å². The monoisotopic (exact) mass is 425 g/mol. The second-order valence-electron chi connectivity index (χ2n) is 6.79. The van der Waals surface area contributed by atoms with Crippen LogP contribution in [0, 0.1) is 6.92 Å². The smallest absolute Gasteiger partial charge is 0.240 e. The zero-order chi connectivity index (χ0) is 20.4. The Balaban J connectivity index is 1.51. The molecule has 1 N–H and O–H groups in total. The van der Waals surface area contributed by atoms with Crippen molar-refractivity contribution in [3.63, 3.8) is 0 Å². The molecule has 0 radical (unpaired) electrons. The molecular formula is C22H20ClN3O2S. The average molecular weight is 426 g/mol. The quantitative estimate of drug-likeness (QED) is 0.493. The molecule has 0 saturated carbocycles. The maximum atomic E-state index is 12.6. The number of imidazole rings is 1. The van der Waals surface area contributed by atoms with Crippen LogP contribution >= 0.6 is 11.6 Å². The van der Waals surface area contributed by atoms with Crippen molar-refractivity contribution in [2.45, 2.75) is 24.9 Å². The summed E-state index contributed by atoms with van der Waals surface area (Å²) in [5, 5.41) is 0.536. The molecule has 1 heterocycles. The lowest BCUT2D eigenvalue weighted by Gasteiger charge is -2.10. The van der Waals surface area contributed by atoms with Gasteiger partial charge in [0.2, 0.25) is 10.0 Å². The summed E-state index contributed by atoms with van der Waals surface area (Å²) in [6.45, 7) is 2.74. The number of sulfonamides is 1. The fraction of sp³-hybridized carbons (Fsp3) is 0.136. The third-order valence-corrected chi connectivity index (χ3v) is 6.62. The van der Waals surface area contributed by atoms with E-state index in [2.05, 4.69) is 14.3 Å². The molecule has 0 aliphatic heterocycles. The molecule has 7 heteroatoms. The standard InChI is InChI=1S/C22H20ClN3O2S/c1-16-25-21-8-4-5-9-22(21)26(16)15-17-10-12-19(13-11-17)29(27,28)24-14-18-6-2-3-7-20(18)23/h2-13,24H,14-15H2,1H3. The van der Waals surface area contributed by atoms with Gasteiger partial charge >= 0.3 is 0 Å². The van der Waals surface area contributed by atoms with Gasteiger partial charge in [0.25, 0.3) is 0 Å². The summed E-state index contributed by atoms with van der Waals surface area (Å²) in [6.07, 6.45) is 0. The van der Waals surface area contributed by atoms with Crippen molar-refractivity contribution >= 4 is 32.7 Å². The molecule has 0 amide bonds. The number of hydrogen-bond acceptors (Lipinski definition) is 3. The SMILES string of the molecule is Cc1nc2ccccc2n1Cc1ccc(S(=O)(=O)NCc2ccccc2Cl)cc1. The van der Waals surface area contributed by atoms with Crippen LogP contribution in [0.25, 0.3) is 11.0 Å². The van der Waals surface area contributed by atoms with E-state index < -0.39 is 10.0 Å². The van der Waals surface area contributed by atoms with E-state index in [1.807, 2.05) is 55.5 Å². The summed E-state index contributed by atoms with van der Waals surface area (Å²) < 4.78 is 29.9. The van der Waals surface area contributed by atoms with Gasteiger partial charge in [-0.1, -0.05) is 54.1 Å². The number of nitrogens with zero attached hydrogens (tertiary/aromatic N) is 2. The van der Waals surface area contributed by atoms with E-state index in [0.29, 0.717) is 11.6 Å². The van der Waals surface area contributed by atoms with Gasteiger partial charge in [-0.25, -0.2) is 18.1 Å². The van der Waals surface area contributed by atoms with E-state index in [9.17, 15) is 8.42 Å². The Kier molecular flexibility index (Phi) is 5.41. The van der Waals surface area contributed by atoms with Gasteiger partial charge in [0.15, 0.2) is 0 Å². The van der Waals surface area contributed by atoms with Crippen LogP contribution in [-0.4, -0.2) is 18.0 Å². The number of rotatable bonds is 6. The lowest BCUT2D eigenvalue weighted by Crippen LogP contribution is -2.23. The predicted octanol–water partition coefficient (Wildman–Crippen LogP) is 4.52. The Morgan fingerprint density at radius 2 is 1.66 bits per heavy atom. The number of fused-ring (bicyclic) bond motifs is 1. The van der Waals surface area contributed by atoms with Crippen molar-refractivity contribution in [2.75, 3.05) is 0 Å². The molecule has 0 unspecified atom stereocenters. The summed E-state index contributed by atoms with van der Waals surface area (Å²) >= 11 is 6.10. The maximum absolute atomic E-state index is 12.6. The number of aryl methyl sites for hydroxylation is 1. The predicted molar refractivity (Wildman–Crippen MR) is 115 cm³/mol. The number of hydrogen-bond donors (Lipinski definition) is 1. The van der Waals surface area contributed by atoms with Crippen LogP contribution in [0.3, 0.4) is 0 Å². The van der Waals surface area contributed by atoms with Gasteiger partial charge < -0.3 is 4.57 Å². The Hall–Kier alpha value is -2.67. The number of nitrogens with one attached hydrogen (secondary N) is 1. The highest BCUT2D eigenvalue weighted by Gasteiger charge is 2.15. The largest absolute Gasteiger partial charge is 0.324 e. The van der Waals surface area contributed by atoms with E-state index in [0.717, 1.165) is 28.0 Å². The minimum Gasteiger partial charge on any atom is -0.324 e. The van der Waals surface area contributed by atoms with E-state index in [1.54, 1.807) is 24.3 Å². The summed E-state index contributed by atoms with van der Waals surface area (Å²) in [7, 11) is -3.62. The number of para-hydroxylation sites is 2. The van der Waals surface area contributed by atoms with E-state index in [4.69, 9.17) is 11.6 Å². The van der Waals surface area contributed by atoms with Gasteiger partial charge in [-0.05, 0) is 48.4 Å². The molecule has 5 nitrogen and oxygen atoms in total. The molecule has 1 aromatic heterocycles. The van der Waals surface area contributed by atoms with E-state index >= 15 is 0 Å². The lowest BCUT2D eigenvalue weighted by atomic mass is 10.2. The van der Waals surface area contributed by atoms with Crippen LogP contribution in [0.2, 0.25) is 5.02 Å². The minimum atomic E-state index is -3.62. The molecule has 0 aliphatic rings. The van der Waals surface area contributed by atoms with Gasteiger partial charge in [0.1, 0.15) is 5.82 Å². The molecule has 0 bridgehead atoms. The second-order valence-corrected chi connectivity index (χ2v) is 8.97. The molecule has 4 rings (SSSR count). The number of aromatic nitrogens is 2. The highest BCUT2D eigenvalue weighted by atomic mass is 35.5. The van der Waals surface area contributed by atoms with Crippen molar-refractivity contribution < 1.29 is 8.42 Å². The average Bonchev–Trinajstić information content (AvgIpc) is 3.03. The topological polar surface area (TPSA) is 64.0 Å². The molecule has 148 valence electrons. The second kappa shape index (κ2) is 7.99.